The van der Waals surface area contributed by atoms with Crippen LogP contribution in [0.3, 0.4) is 0 Å². The summed E-state index contributed by atoms with van der Waals surface area (Å²) < 4.78 is 36.2. The summed E-state index contributed by atoms with van der Waals surface area (Å²) in [5, 5.41) is 0.246. The summed E-state index contributed by atoms with van der Waals surface area (Å²) in [6.07, 6.45) is 2.52. The first kappa shape index (κ1) is 18.4. The normalized spacial score (nSPS) is 20.0. The number of piperidine rings is 1. The Bertz CT molecular complexity index is 741. The van der Waals surface area contributed by atoms with Crippen molar-refractivity contribution in [2.75, 3.05) is 37.3 Å². The van der Waals surface area contributed by atoms with E-state index < -0.39 is 10.0 Å². The van der Waals surface area contributed by atoms with E-state index in [9.17, 15) is 13.2 Å². The first-order valence-electron chi connectivity index (χ1n) is 8.13. The zero-order valence-corrected chi connectivity index (χ0v) is 15.5. The lowest BCUT2D eigenvalue weighted by Gasteiger charge is -2.34. The molecule has 1 N–H and O–H groups in total. The fourth-order valence-electron chi connectivity index (χ4n) is 3.14. The van der Waals surface area contributed by atoms with Crippen LogP contribution in [-0.2, 0) is 19.5 Å². The molecule has 0 unspecified atom stereocenters. The Labute approximate surface area is 152 Å². The molecule has 0 radical (unpaired) electrons. The van der Waals surface area contributed by atoms with Gasteiger partial charge in [0.15, 0.2) is 6.29 Å². The third-order valence-corrected chi connectivity index (χ3v) is 5.29. The second kappa shape index (κ2) is 7.49. The quantitative estimate of drug-likeness (QED) is 0.851. The molecule has 138 valence electrons. The van der Waals surface area contributed by atoms with Gasteiger partial charge in [0.25, 0.3) is 5.91 Å². The Hall–Kier alpha value is -1.35. The van der Waals surface area contributed by atoms with E-state index in [0.29, 0.717) is 37.8 Å². The van der Waals surface area contributed by atoms with Crippen LogP contribution < -0.4 is 4.72 Å². The van der Waals surface area contributed by atoms with Crippen LogP contribution in [0.5, 0.6) is 0 Å². The van der Waals surface area contributed by atoms with E-state index >= 15 is 0 Å². The first-order chi connectivity index (χ1) is 11.8. The number of rotatable bonds is 4. The number of hydrogen-bond acceptors (Lipinski definition) is 5. The molecule has 3 rings (SSSR count). The molecule has 1 aromatic carbocycles. The zero-order chi connectivity index (χ0) is 18.0. The highest BCUT2D eigenvalue weighted by Gasteiger charge is 2.32. The molecule has 0 atom stereocenters. The number of nitrogens with one attached hydrogen (secondary N) is 1. The molecular weight excluding hydrogens is 368 g/mol. The van der Waals surface area contributed by atoms with Crippen LogP contribution in [0, 0.1) is 5.92 Å². The summed E-state index contributed by atoms with van der Waals surface area (Å²) in [4.78, 5) is 14.5. The molecule has 2 saturated heterocycles. The van der Waals surface area contributed by atoms with Crippen molar-refractivity contribution < 1.29 is 22.7 Å². The molecular formula is C16H21ClN2O5S. The molecule has 1 amide bonds. The number of hydrogen-bond donors (Lipinski definition) is 1. The molecule has 25 heavy (non-hydrogen) atoms. The van der Waals surface area contributed by atoms with Gasteiger partial charge in [-0.15, -0.1) is 0 Å². The molecule has 2 aliphatic heterocycles. The number of sulfonamides is 1. The van der Waals surface area contributed by atoms with Crippen molar-refractivity contribution in [3.05, 3.63) is 28.8 Å². The summed E-state index contributed by atoms with van der Waals surface area (Å²) in [5.41, 5.74) is 0.611. The minimum Gasteiger partial charge on any atom is -0.350 e. The summed E-state index contributed by atoms with van der Waals surface area (Å²) in [6, 6.07) is 4.60. The Kier molecular flexibility index (Phi) is 5.52. The highest BCUT2D eigenvalue weighted by molar-refractivity contribution is 7.92. The molecule has 1 aromatic rings. The number of halogens is 1. The number of anilines is 1. The average molecular weight is 389 g/mol. The molecule has 0 aliphatic carbocycles. The smallest absolute Gasteiger partial charge is 0.253 e. The topological polar surface area (TPSA) is 84.9 Å². The predicted molar refractivity (Wildman–Crippen MR) is 94.2 cm³/mol. The summed E-state index contributed by atoms with van der Waals surface area (Å²) in [7, 11) is -3.47. The van der Waals surface area contributed by atoms with E-state index in [1.54, 1.807) is 11.0 Å². The molecule has 2 heterocycles. The van der Waals surface area contributed by atoms with Gasteiger partial charge in [0.1, 0.15) is 0 Å². The fraction of sp³-hybridized carbons (Fsp3) is 0.562. The molecule has 2 aliphatic rings. The fourth-order valence-corrected chi connectivity index (χ4v) is 3.93. The predicted octanol–water partition coefficient (Wildman–Crippen LogP) is 1.94. The Morgan fingerprint density at radius 3 is 2.48 bits per heavy atom. The van der Waals surface area contributed by atoms with Crippen molar-refractivity contribution in [2.24, 2.45) is 5.92 Å². The molecule has 0 bridgehead atoms. The van der Waals surface area contributed by atoms with Gasteiger partial charge in [-0.3, -0.25) is 9.52 Å². The first-order valence-corrected chi connectivity index (χ1v) is 10.4. The third kappa shape index (κ3) is 4.63. The van der Waals surface area contributed by atoms with Crippen molar-refractivity contribution >= 4 is 33.2 Å². The minimum absolute atomic E-state index is 0.139. The van der Waals surface area contributed by atoms with Crippen LogP contribution in [0.4, 0.5) is 5.69 Å². The van der Waals surface area contributed by atoms with Crippen LogP contribution in [0.2, 0.25) is 5.02 Å². The highest BCUT2D eigenvalue weighted by atomic mass is 35.5. The third-order valence-electron chi connectivity index (χ3n) is 4.37. The van der Waals surface area contributed by atoms with Gasteiger partial charge < -0.3 is 14.4 Å². The maximum Gasteiger partial charge on any atom is 0.253 e. The summed E-state index contributed by atoms with van der Waals surface area (Å²) >= 11 is 6.00. The van der Waals surface area contributed by atoms with Gasteiger partial charge in [-0.2, -0.15) is 0 Å². The van der Waals surface area contributed by atoms with Gasteiger partial charge >= 0.3 is 0 Å². The average Bonchev–Trinajstić information content (AvgIpc) is 3.10. The largest absolute Gasteiger partial charge is 0.350 e. The Morgan fingerprint density at radius 2 is 1.88 bits per heavy atom. The molecule has 2 fully saturated rings. The number of benzene rings is 1. The number of ether oxygens (including phenoxy) is 2. The molecule has 0 aromatic heterocycles. The monoisotopic (exact) mass is 388 g/mol. The number of carbonyl (C=O) groups excluding carboxylic acids is 1. The van der Waals surface area contributed by atoms with Crippen molar-refractivity contribution in [2.45, 2.75) is 19.1 Å². The second-order valence-corrected chi connectivity index (χ2v) is 8.46. The van der Waals surface area contributed by atoms with Gasteiger partial charge in [0.2, 0.25) is 10.0 Å². The molecule has 7 nitrogen and oxygen atoms in total. The van der Waals surface area contributed by atoms with Gasteiger partial charge in [0.05, 0.1) is 30.2 Å². The summed E-state index contributed by atoms with van der Waals surface area (Å²) in [6.45, 7) is 2.49. The number of amides is 1. The van der Waals surface area contributed by atoms with Crippen LogP contribution in [0.25, 0.3) is 0 Å². The van der Waals surface area contributed by atoms with Crippen molar-refractivity contribution in [1.82, 2.24) is 4.90 Å². The van der Waals surface area contributed by atoms with E-state index in [-0.39, 0.29) is 22.9 Å². The van der Waals surface area contributed by atoms with Crippen LogP contribution in [0.1, 0.15) is 23.2 Å². The highest BCUT2D eigenvalue weighted by Crippen LogP contribution is 2.28. The molecule has 9 heteroatoms. The minimum atomic E-state index is -3.47. The van der Waals surface area contributed by atoms with Crippen molar-refractivity contribution in [3.63, 3.8) is 0 Å². The standard InChI is InChI=1S/C16H21ClN2O5S/c1-25(21,22)18-14-10-12(2-3-13(14)17)15(20)19-6-4-11(5-7-19)16-23-8-9-24-16/h2-3,10-11,16,18H,4-9H2,1H3. The number of likely N-dealkylation sites (tertiary alicyclic amines) is 1. The van der Waals surface area contributed by atoms with Crippen LogP contribution >= 0.6 is 11.6 Å². The zero-order valence-electron chi connectivity index (χ0n) is 13.9. The van der Waals surface area contributed by atoms with Crippen molar-refractivity contribution in [3.8, 4) is 0 Å². The van der Waals surface area contributed by atoms with Crippen molar-refractivity contribution in [1.29, 1.82) is 0 Å². The van der Waals surface area contributed by atoms with E-state index in [1.165, 1.54) is 12.1 Å². The molecule has 0 saturated carbocycles. The van der Waals surface area contributed by atoms with Gasteiger partial charge in [-0.25, -0.2) is 8.42 Å². The van der Waals surface area contributed by atoms with Gasteiger partial charge in [-0.1, -0.05) is 11.6 Å². The maximum atomic E-state index is 12.7. The maximum absolute atomic E-state index is 12.7. The summed E-state index contributed by atoms with van der Waals surface area (Å²) in [5.74, 6) is 0.166. The Morgan fingerprint density at radius 1 is 1.24 bits per heavy atom. The van der Waals surface area contributed by atoms with E-state index in [2.05, 4.69) is 4.72 Å². The lowest BCUT2D eigenvalue weighted by Crippen LogP contribution is -2.41. The van der Waals surface area contributed by atoms with E-state index in [4.69, 9.17) is 21.1 Å². The van der Waals surface area contributed by atoms with Gasteiger partial charge in [-0.05, 0) is 31.0 Å². The van der Waals surface area contributed by atoms with Crippen LogP contribution in [0.15, 0.2) is 18.2 Å². The number of nitrogens with zero attached hydrogens (tertiary/aromatic N) is 1. The van der Waals surface area contributed by atoms with E-state index in [0.717, 1.165) is 19.1 Å². The SMILES string of the molecule is CS(=O)(=O)Nc1cc(C(=O)N2CCC(C3OCCO3)CC2)ccc1Cl. The Balaban J connectivity index is 1.66. The van der Waals surface area contributed by atoms with Crippen LogP contribution in [-0.4, -0.2) is 58.1 Å². The number of carbonyl (C=O) groups is 1. The lowest BCUT2D eigenvalue weighted by molar-refractivity contribution is -0.0956. The lowest BCUT2D eigenvalue weighted by atomic mass is 9.95. The molecule has 0 spiro atoms. The van der Waals surface area contributed by atoms with E-state index in [1.807, 2.05) is 0 Å². The van der Waals surface area contributed by atoms with Gasteiger partial charge in [0, 0.05) is 24.6 Å². The second-order valence-electron chi connectivity index (χ2n) is 6.31.